The molecule has 2 heterocycles. The van der Waals surface area contributed by atoms with Gasteiger partial charge in [-0.1, -0.05) is 11.8 Å². The average Bonchev–Trinajstić information content (AvgIpc) is 2.57. The largest absolute Gasteiger partial charge is 0.285 e. The van der Waals surface area contributed by atoms with Crippen molar-refractivity contribution in [1.29, 1.82) is 5.26 Å². The summed E-state index contributed by atoms with van der Waals surface area (Å²) in [5.74, 6) is -0.412. The minimum Gasteiger partial charge on any atom is -0.285 e. The van der Waals surface area contributed by atoms with E-state index in [-0.39, 0.29) is 18.2 Å². The van der Waals surface area contributed by atoms with E-state index in [9.17, 15) is 9.59 Å². The predicted molar refractivity (Wildman–Crippen MR) is 70.5 cm³/mol. The first-order valence-electron chi connectivity index (χ1n) is 5.79. The molecule has 1 aromatic rings. The first-order valence-corrected chi connectivity index (χ1v) is 6.67. The predicted octanol–water partition coefficient (Wildman–Crippen LogP) is 1.42. The van der Waals surface area contributed by atoms with Gasteiger partial charge in [-0.15, -0.1) is 0 Å². The Labute approximate surface area is 115 Å². The van der Waals surface area contributed by atoms with Gasteiger partial charge < -0.3 is 0 Å². The second-order valence-electron chi connectivity index (χ2n) is 4.47. The highest BCUT2D eigenvalue weighted by Gasteiger charge is 2.37. The molecule has 0 radical (unpaired) electrons. The molecule has 6 heteroatoms. The van der Waals surface area contributed by atoms with E-state index in [1.165, 1.54) is 18.8 Å². The molecule has 1 saturated heterocycles. The molecule has 2 amide bonds. The Hall–Kier alpha value is -1.87. The molecule has 5 nitrogen and oxygen atoms in total. The van der Waals surface area contributed by atoms with Gasteiger partial charge >= 0.3 is 0 Å². The fourth-order valence-corrected chi connectivity index (χ4v) is 3.25. The average molecular weight is 275 g/mol. The third-order valence-corrected chi connectivity index (χ3v) is 4.19. The Balaban J connectivity index is 2.33. The molecule has 1 atom stereocenters. The van der Waals surface area contributed by atoms with Gasteiger partial charge in [-0.2, -0.15) is 5.26 Å². The number of hydrogen-bond acceptors (Lipinski definition) is 5. The van der Waals surface area contributed by atoms with Crippen LogP contribution in [0.4, 0.5) is 0 Å². The molecule has 0 N–H and O–H groups in total. The molecule has 1 aromatic heterocycles. The summed E-state index contributed by atoms with van der Waals surface area (Å²) in [6.45, 7) is 3.68. The van der Waals surface area contributed by atoms with Crippen LogP contribution in [0.2, 0.25) is 0 Å². The zero-order valence-electron chi connectivity index (χ0n) is 10.9. The third-order valence-electron chi connectivity index (χ3n) is 3.02. The molecule has 1 unspecified atom stereocenters. The standard InChI is InChI=1S/C13H13N3O2S/c1-7-4-8(2)15-12(9(7)6-14)19-10-5-11(17)16(3)13(10)18/h4,10H,5H2,1-3H3. The number of carbonyl (C=O) groups is 2. The molecule has 2 rings (SSSR count). The van der Waals surface area contributed by atoms with Gasteiger partial charge in [0.05, 0.1) is 10.8 Å². The van der Waals surface area contributed by atoms with Gasteiger partial charge in [0.1, 0.15) is 11.1 Å². The quantitative estimate of drug-likeness (QED) is 0.763. The van der Waals surface area contributed by atoms with Crippen LogP contribution in [0.3, 0.4) is 0 Å². The number of imide groups is 1. The third kappa shape index (κ3) is 2.47. The normalized spacial score (nSPS) is 18.8. The zero-order valence-corrected chi connectivity index (χ0v) is 11.7. The number of nitrogens with zero attached hydrogens (tertiary/aromatic N) is 3. The van der Waals surface area contributed by atoms with Crippen LogP contribution in [0.15, 0.2) is 11.1 Å². The molecule has 19 heavy (non-hydrogen) atoms. The molecule has 1 fully saturated rings. The van der Waals surface area contributed by atoms with Crippen LogP contribution in [0, 0.1) is 25.2 Å². The molecular weight excluding hydrogens is 262 g/mol. The molecule has 0 saturated carbocycles. The van der Waals surface area contributed by atoms with E-state index in [0.29, 0.717) is 10.6 Å². The lowest BCUT2D eigenvalue weighted by atomic mass is 10.1. The second-order valence-corrected chi connectivity index (χ2v) is 5.67. The SMILES string of the molecule is Cc1cc(C)c(C#N)c(SC2CC(=O)N(C)C2=O)n1. The molecular formula is C13H13N3O2S. The van der Waals surface area contributed by atoms with Crippen LogP contribution >= 0.6 is 11.8 Å². The molecule has 0 aromatic carbocycles. The maximum Gasteiger partial charge on any atom is 0.242 e. The lowest BCUT2D eigenvalue weighted by molar-refractivity contribution is -0.136. The maximum absolute atomic E-state index is 11.9. The van der Waals surface area contributed by atoms with Crippen molar-refractivity contribution in [2.24, 2.45) is 0 Å². The van der Waals surface area contributed by atoms with Crippen molar-refractivity contribution in [3.05, 3.63) is 22.9 Å². The number of pyridine rings is 1. The van der Waals surface area contributed by atoms with Gasteiger partial charge in [0.25, 0.3) is 0 Å². The van der Waals surface area contributed by atoms with Crippen molar-refractivity contribution >= 4 is 23.6 Å². The summed E-state index contributed by atoms with van der Waals surface area (Å²) in [5.41, 5.74) is 2.11. The van der Waals surface area contributed by atoms with Gasteiger partial charge in [0, 0.05) is 19.2 Å². The molecule has 0 spiro atoms. The van der Waals surface area contributed by atoms with Crippen LogP contribution < -0.4 is 0 Å². The van der Waals surface area contributed by atoms with Gasteiger partial charge in [-0.05, 0) is 25.5 Å². The van der Waals surface area contributed by atoms with Crippen LogP contribution in [0.25, 0.3) is 0 Å². The van der Waals surface area contributed by atoms with E-state index in [1.54, 1.807) is 0 Å². The van der Waals surface area contributed by atoms with Crippen molar-refractivity contribution in [2.45, 2.75) is 30.5 Å². The van der Waals surface area contributed by atoms with Crippen LogP contribution in [-0.4, -0.2) is 34.0 Å². The number of aromatic nitrogens is 1. The van der Waals surface area contributed by atoms with Crippen molar-refractivity contribution in [1.82, 2.24) is 9.88 Å². The summed E-state index contributed by atoms with van der Waals surface area (Å²) < 4.78 is 0. The highest BCUT2D eigenvalue weighted by molar-refractivity contribution is 8.00. The van der Waals surface area contributed by atoms with Gasteiger partial charge in [-0.25, -0.2) is 4.98 Å². The van der Waals surface area contributed by atoms with E-state index in [4.69, 9.17) is 5.26 Å². The topological polar surface area (TPSA) is 74.1 Å². The van der Waals surface area contributed by atoms with Crippen LogP contribution in [-0.2, 0) is 9.59 Å². The summed E-state index contributed by atoms with van der Waals surface area (Å²) in [6, 6.07) is 3.94. The van der Waals surface area contributed by atoms with Crippen molar-refractivity contribution in [3.8, 4) is 6.07 Å². The first-order chi connectivity index (χ1) is 8.93. The molecule has 98 valence electrons. The van der Waals surface area contributed by atoms with Crippen molar-refractivity contribution in [3.63, 3.8) is 0 Å². The lowest BCUT2D eigenvalue weighted by Gasteiger charge is -2.11. The Morgan fingerprint density at radius 2 is 2.16 bits per heavy atom. The molecule has 1 aliphatic heterocycles. The Kier molecular flexibility index (Phi) is 3.58. The first kappa shape index (κ1) is 13.6. The number of likely N-dealkylation sites (tertiary alicyclic amines) is 1. The van der Waals surface area contributed by atoms with Crippen molar-refractivity contribution in [2.75, 3.05) is 7.05 Å². The monoisotopic (exact) mass is 275 g/mol. The summed E-state index contributed by atoms with van der Waals surface area (Å²) in [4.78, 5) is 28.8. The minimum absolute atomic E-state index is 0.166. The number of nitriles is 1. The number of hydrogen-bond donors (Lipinski definition) is 0. The number of carbonyl (C=O) groups excluding carboxylic acids is 2. The second kappa shape index (κ2) is 5.02. The molecule has 0 aliphatic carbocycles. The fourth-order valence-electron chi connectivity index (χ4n) is 1.97. The summed E-state index contributed by atoms with van der Waals surface area (Å²) >= 11 is 1.20. The number of rotatable bonds is 2. The Morgan fingerprint density at radius 3 is 2.68 bits per heavy atom. The van der Waals surface area contributed by atoms with Crippen molar-refractivity contribution < 1.29 is 9.59 Å². The highest BCUT2D eigenvalue weighted by Crippen LogP contribution is 2.32. The molecule has 1 aliphatic rings. The fraction of sp³-hybridized carbons (Fsp3) is 0.385. The smallest absolute Gasteiger partial charge is 0.242 e. The zero-order chi connectivity index (χ0) is 14.2. The lowest BCUT2D eigenvalue weighted by Crippen LogP contribution is -2.26. The van der Waals surface area contributed by atoms with E-state index < -0.39 is 5.25 Å². The number of aryl methyl sites for hydroxylation is 2. The minimum atomic E-state index is -0.474. The maximum atomic E-state index is 11.9. The Morgan fingerprint density at radius 1 is 1.47 bits per heavy atom. The van der Waals surface area contributed by atoms with Crippen LogP contribution in [0.1, 0.15) is 23.2 Å². The number of amides is 2. The van der Waals surface area contributed by atoms with E-state index in [1.807, 2.05) is 19.9 Å². The Bertz CT molecular complexity index is 607. The van der Waals surface area contributed by atoms with E-state index in [2.05, 4.69) is 11.1 Å². The van der Waals surface area contributed by atoms with E-state index >= 15 is 0 Å². The molecule has 0 bridgehead atoms. The summed E-state index contributed by atoms with van der Waals surface area (Å²) in [7, 11) is 1.48. The van der Waals surface area contributed by atoms with Crippen LogP contribution in [0.5, 0.6) is 0 Å². The summed E-state index contributed by atoms with van der Waals surface area (Å²) in [6.07, 6.45) is 0.166. The number of thioether (sulfide) groups is 1. The van der Waals surface area contributed by atoms with Gasteiger partial charge in [0.2, 0.25) is 11.8 Å². The van der Waals surface area contributed by atoms with Gasteiger partial charge in [0.15, 0.2) is 0 Å². The highest BCUT2D eigenvalue weighted by atomic mass is 32.2. The van der Waals surface area contributed by atoms with E-state index in [0.717, 1.165) is 16.2 Å². The summed E-state index contributed by atoms with van der Waals surface area (Å²) in [5, 5.41) is 9.22. The van der Waals surface area contributed by atoms with Gasteiger partial charge in [-0.3, -0.25) is 14.5 Å².